The first-order valence-electron chi connectivity index (χ1n) is 11.4. The average molecular weight is 526 g/mol. The Labute approximate surface area is 212 Å². The molecule has 5 aromatic rings. The van der Waals surface area contributed by atoms with Crippen molar-refractivity contribution in [3.8, 4) is 5.88 Å². The largest absolute Gasteiger partial charge is 0.481 e. The first-order chi connectivity index (χ1) is 17.0. The van der Waals surface area contributed by atoms with Gasteiger partial charge in [-0.15, -0.1) is 0 Å². The SMILES string of the molecule is COc1nc2ccc(Br)cc2cc1[C@@H](c1ccccc1)C(O)(CC=O)c1cccc2ccccc12. The number of pyridine rings is 1. The van der Waals surface area contributed by atoms with Crippen LogP contribution in [0.25, 0.3) is 21.7 Å². The summed E-state index contributed by atoms with van der Waals surface area (Å²) in [5, 5.41) is 15.4. The van der Waals surface area contributed by atoms with Crippen molar-refractivity contribution in [2.45, 2.75) is 17.9 Å². The second-order valence-corrected chi connectivity index (χ2v) is 9.51. The molecule has 5 heteroatoms. The van der Waals surface area contributed by atoms with Crippen LogP contribution in [0.1, 0.15) is 29.0 Å². The number of aliphatic hydroxyl groups is 1. The lowest BCUT2D eigenvalue weighted by Gasteiger charge is -2.37. The summed E-state index contributed by atoms with van der Waals surface area (Å²) in [6.07, 6.45) is 0.690. The van der Waals surface area contributed by atoms with E-state index in [9.17, 15) is 9.90 Å². The first kappa shape index (κ1) is 23.2. The minimum absolute atomic E-state index is 0.0970. The summed E-state index contributed by atoms with van der Waals surface area (Å²) in [4.78, 5) is 16.9. The predicted molar refractivity (Wildman–Crippen MR) is 143 cm³/mol. The molecule has 0 aliphatic carbocycles. The van der Waals surface area contributed by atoms with Crippen molar-refractivity contribution in [2.75, 3.05) is 7.11 Å². The predicted octanol–water partition coefficient (Wildman–Crippen LogP) is 6.77. The number of rotatable bonds is 7. The molecule has 35 heavy (non-hydrogen) atoms. The molecule has 2 atom stereocenters. The van der Waals surface area contributed by atoms with Gasteiger partial charge in [0.05, 0.1) is 12.6 Å². The molecule has 1 heterocycles. The van der Waals surface area contributed by atoms with E-state index in [2.05, 4.69) is 15.9 Å². The Hall–Kier alpha value is -3.54. The fraction of sp³-hybridized carbons (Fsp3) is 0.133. The van der Waals surface area contributed by atoms with Gasteiger partial charge in [0.2, 0.25) is 5.88 Å². The molecule has 0 aliphatic rings. The van der Waals surface area contributed by atoms with Gasteiger partial charge in [-0.3, -0.25) is 0 Å². The van der Waals surface area contributed by atoms with Gasteiger partial charge < -0.3 is 14.6 Å². The normalized spacial score (nSPS) is 13.9. The molecule has 174 valence electrons. The molecule has 0 aliphatic heterocycles. The molecule has 0 spiro atoms. The van der Waals surface area contributed by atoms with Crippen LogP contribution in [0.4, 0.5) is 0 Å². The van der Waals surface area contributed by atoms with Crippen molar-refractivity contribution in [3.63, 3.8) is 0 Å². The topological polar surface area (TPSA) is 59.4 Å². The Morgan fingerprint density at radius 1 is 0.943 bits per heavy atom. The second-order valence-electron chi connectivity index (χ2n) is 8.59. The molecule has 1 unspecified atom stereocenters. The summed E-state index contributed by atoms with van der Waals surface area (Å²) in [5.74, 6) is -0.205. The van der Waals surface area contributed by atoms with Crippen LogP contribution in [-0.4, -0.2) is 23.5 Å². The monoisotopic (exact) mass is 525 g/mol. The van der Waals surface area contributed by atoms with Crippen LogP contribution in [0.5, 0.6) is 5.88 Å². The third-order valence-corrected chi connectivity index (χ3v) is 7.03. The maximum atomic E-state index is 12.6. The van der Waals surface area contributed by atoms with Gasteiger partial charge in [0.15, 0.2) is 0 Å². The first-order valence-corrected chi connectivity index (χ1v) is 12.2. The molecule has 1 N–H and O–H groups in total. The lowest BCUT2D eigenvalue weighted by molar-refractivity contribution is -0.113. The van der Waals surface area contributed by atoms with Gasteiger partial charge in [0.25, 0.3) is 0 Å². The summed E-state index contributed by atoms with van der Waals surface area (Å²) < 4.78 is 6.69. The summed E-state index contributed by atoms with van der Waals surface area (Å²) in [5.41, 5.74) is 1.48. The van der Waals surface area contributed by atoms with E-state index in [1.165, 1.54) is 0 Å². The van der Waals surface area contributed by atoms with E-state index >= 15 is 0 Å². The fourth-order valence-corrected chi connectivity index (χ4v) is 5.37. The van der Waals surface area contributed by atoms with Gasteiger partial charge in [-0.1, -0.05) is 88.7 Å². The molecule has 1 aromatic heterocycles. The quantitative estimate of drug-likeness (QED) is 0.238. The zero-order valence-corrected chi connectivity index (χ0v) is 20.8. The molecule has 4 nitrogen and oxygen atoms in total. The van der Waals surface area contributed by atoms with Gasteiger partial charge in [0, 0.05) is 27.8 Å². The smallest absolute Gasteiger partial charge is 0.217 e. The van der Waals surface area contributed by atoms with E-state index in [-0.39, 0.29) is 6.42 Å². The van der Waals surface area contributed by atoms with Crippen LogP contribution < -0.4 is 4.74 Å². The van der Waals surface area contributed by atoms with E-state index in [0.29, 0.717) is 17.0 Å². The lowest BCUT2D eigenvalue weighted by atomic mass is 9.71. The zero-order valence-electron chi connectivity index (χ0n) is 19.2. The van der Waals surface area contributed by atoms with Crippen LogP contribution in [0.2, 0.25) is 0 Å². The van der Waals surface area contributed by atoms with Crippen molar-refractivity contribution in [3.05, 3.63) is 118 Å². The Bertz CT molecular complexity index is 1510. The van der Waals surface area contributed by atoms with Gasteiger partial charge in [0.1, 0.15) is 11.9 Å². The molecular weight excluding hydrogens is 502 g/mol. The minimum Gasteiger partial charge on any atom is -0.481 e. The Balaban J connectivity index is 1.85. The second kappa shape index (κ2) is 9.61. The number of methoxy groups -OCH3 is 1. The van der Waals surface area contributed by atoms with E-state index in [0.717, 1.165) is 38.0 Å². The van der Waals surface area contributed by atoms with Gasteiger partial charge in [-0.05, 0) is 46.2 Å². The number of benzene rings is 4. The Kier molecular flexibility index (Phi) is 6.37. The van der Waals surface area contributed by atoms with Crippen molar-refractivity contribution in [1.29, 1.82) is 0 Å². The molecule has 5 rings (SSSR count). The highest BCUT2D eigenvalue weighted by molar-refractivity contribution is 9.10. The zero-order chi connectivity index (χ0) is 24.4. The lowest BCUT2D eigenvalue weighted by Crippen LogP contribution is -2.35. The number of aldehydes is 1. The average Bonchev–Trinajstić information content (AvgIpc) is 2.89. The highest BCUT2D eigenvalue weighted by atomic mass is 79.9. The number of fused-ring (bicyclic) bond motifs is 2. The number of nitrogens with zero attached hydrogens (tertiary/aromatic N) is 1. The highest BCUT2D eigenvalue weighted by Gasteiger charge is 2.43. The molecular formula is C30H24BrNO3. The maximum absolute atomic E-state index is 12.6. The van der Waals surface area contributed by atoms with Crippen LogP contribution >= 0.6 is 15.9 Å². The third kappa shape index (κ3) is 4.22. The number of hydrogen-bond donors (Lipinski definition) is 1. The number of ether oxygens (including phenoxy) is 1. The van der Waals surface area contributed by atoms with Crippen molar-refractivity contribution in [1.82, 2.24) is 4.98 Å². The number of carbonyl (C=O) groups is 1. The standard InChI is InChI=1S/C30H24BrNO3/c1-35-29-25(19-22-18-23(31)14-15-27(22)32-29)28(21-9-3-2-4-10-21)30(34,16-17-33)26-13-7-11-20-8-5-6-12-24(20)26/h2-15,17-19,28,34H,16H2,1H3/t28-,30?/m1/s1. The Morgan fingerprint density at radius 3 is 2.46 bits per heavy atom. The van der Waals surface area contributed by atoms with Crippen molar-refractivity contribution < 1.29 is 14.6 Å². The number of aromatic nitrogens is 1. The molecule has 0 radical (unpaired) electrons. The summed E-state index contributed by atoms with van der Waals surface area (Å²) in [7, 11) is 1.58. The highest BCUT2D eigenvalue weighted by Crippen LogP contribution is 2.48. The van der Waals surface area contributed by atoms with Gasteiger partial charge in [-0.25, -0.2) is 4.98 Å². The van der Waals surface area contributed by atoms with Crippen molar-refractivity contribution >= 4 is 43.9 Å². The maximum Gasteiger partial charge on any atom is 0.217 e. The number of halogens is 1. The molecule has 0 saturated carbocycles. The minimum atomic E-state index is -1.56. The molecule has 0 amide bonds. The van der Waals surface area contributed by atoms with E-state index < -0.39 is 11.5 Å². The number of hydrogen-bond acceptors (Lipinski definition) is 4. The van der Waals surface area contributed by atoms with E-state index in [1.807, 2.05) is 97.1 Å². The number of carbonyl (C=O) groups excluding carboxylic acids is 1. The van der Waals surface area contributed by atoms with Gasteiger partial charge in [-0.2, -0.15) is 0 Å². The molecule has 0 fully saturated rings. The molecule has 0 saturated heterocycles. The fourth-order valence-electron chi connectivity index (χ4n) is 4.99. The summed E-state index contributed by atoms with van der Waals surface area (Å²) >= 11 is 3.55. The summed E-state index contributed by atoms with van der Waals surface area (Å²) in [6, 6.07) is 31.3. The van der Waals surface area contributed by atoms with Crippen LogP contribution in [-0.2, 0) is 10.4 Å². The third-order valence-electron chi connectivity index (χ3n) is 6.53. The van der Waals surface area contributed by atoms with Crippen molar-refractivity contribution in [2.24, 2.45) is 0 Å². The molecule has 0 bridgehead atoms. The van der Waals surface area contributed by atoms with Crippen LogP contribution in [0.3, 0.4) is 0 Å². The molecule has 4 aromatic carbocycles. The van der Waals surface area contributed by atoms with E-state index in [4.69, 9.17) is 9.72 Å². The summed E-state index contributed by atoms with van der Waals surface area (Å²) in [6.45, 7) is 0. The van der Waals surface area contributed by atoms with Crippen LogP contribution in [0.15, 0.2) is 102 Å². The van der Waals surface area contributed by atoms with Crippen LogP contribution in [0, 0.1) is 0 Å². The van der Waals surface area contributed by atoms with Gasteiger partial charge >= 0.3 is 0 Å². The van der Waals surface area contributed by atoms with E-state index in [1.54, 1.807) is 7.11 Å². The Morgan fingerprint density at radius 2 is 1.69 bits per heavy atom.